The van der Waals surface area contributed by atoms with Gasteiger partial charge in [-0.3, -0.25) is 0 Å². The minimum Gasteiger partial charge on any atom is -0.376 e. The summed E-state index contributed by atoms with van der Waals surface area (Å²) in [5.74, 6) is 2.52. The predicted octanol–water partition coefficient (Wildman–Crippen LogP) is 4.00. The van der Waals surface area contributed by atoms with Crippen LogP contribution in [-0.2, 0) is 4.74 Å². The van der Waals surface area contributed by atoms with Gasteiger partial charge in [0.2, 0.25) is 0 Å². The van der Waals surface area contributed by atoms with Crippen LogP contribution in [0, 0.1) is 17.8 Å². The van der Waals surface area contributed by atoms with Gasteiger partial charge in [-0.1, -0.05) is 33.6 Å². The number of hydrogen-bond donors (Lipinski definition) is 1. The van der Waals surface area contributed by atoms with Crippen molar-refractivity contribution in [3.8, 4) is 0 Å². The fourth-order valence-corrected chi connectivity index (χ4v) is 3.88. The van der Waals surface area contributed by atoms with Crippen LogP contribution in [0.15, 0.2) is 0 Å². The van der Waals surface area contributed by atoms with Crippen molar-refractivity contribution in [3.05, 3.63) is 0 Å². The molecule has 2 saturated carbocycles. The smallest absolute Gasteiger partial charge is 0.0730 e. The molecule has 0 aromatic rings. The molecule has 2 heteroatoms. The Labute approximate surface area is 119 Å². The van der Waals surface area contributed by atoms with Gasteiger partial charge in [-0.05, 0) is 56.4 Å². The molecular weight excluding hydrogens is 234 g/mol. The van der Waals surface area contributed by atoms with Crippen LogP contribution in [0.4, 0.5) is 0 Å². The van der Waals surface area contributed by atoms with Crippen molar-refractivity contribution in [2.45, 2.75) is 77.9 Å². The number of likely N-dealkylation sites (N-methyl/N-ethyl adjacent to an activating group) is 1. The average Bonchev–Trinajstić information content (AvgIpc) is 2.90. The maximum absolute atomic E-state index is 6.35. The molecular formula is C17H33NO. The number of rotatable bonds is 6. The highest BCUT2D eigenvalue weighted by atomic mass is 16.5. The lowest BCUT2D eigenvalue weighted by molar-refractivity contribution is -0.0301. The molecule has 0 heterocycles. The molecule has 2 fully saturated rings. The molecule has 2 nitrogen and oxygen atoms in total. The fourth-order valence-electron chi connectivity index (χ4n) is 3.88. The van der Waals surface area contributed by atoms with Gasteiger partial charge in [0.1, 0.15) is 0 Å². The van der Waals surface area contributed by atoms with Gasteiger partial charge < -0.3 is 10.1 Å². The lowest BCUT2D eigenvalue weighted by atomic mass is 9.78. The molecule has 0 radical (unpaired) electrons. The summed E-state index contributed by atoms with van der Waals surface area (Å²) in [5.41, 5.74) is 0. The first-order valence-electron chi connectivity index (χ1n) is 8.55. The Morgan fingerprint density at radius 1 is 1.11 bits per heavy atom. The summed E-state index contributed by atoms with van der Waals surface area (Å²) in [5, 5.41) is 3.64. The molecule has 0 aromatic carbocycles. The zero-order valence-electron chi connectivity index (χ0n) is 13.2. The monoisotopic (exact) mass is 267 g/mol. The van der Waals surface area contributed by atoms with E-state index in [1.807, 2.05) is 0 Å². The SMILES string of the molecule is CCNC1CCC(C(C)C)CC1OCC1CCCC1. The van der Waals surface area contributed by atoms with Gasteiger partial charge in [0, 0.05) is 12.6 Å². The molecule has 112 valence electrons. The van der Waals surface area contributed by atoms with Crippen LogP contribution in [0.5, 0.6) is 0 Å². The standard InChI is InChI=1S/C17H33NO/c1-4-18-16-10-9-15(13(2)3)11-17(16)19-12-14-7-5-6-8-14/h13-18H,4-12H2,1-3H3. The summed E-state index contributed by atoms with van der Waals surface area (Å²) < 4.78 is 6.35. The van der Waals surface area contributed by atoms with Crippen molar-refractivity contribution in [2.24, 2.45) is 17.8 Å². The second-order valence-electron chi connectivity index (χ2n) is 7.00. The van der Waals surface area contributed by atoms with Gasteiger partial charge in [-0.2, -0.15) is 0 Å². The summed E-state index contributed by atoms with van der Waals surface area (Å²) in [6.07, 6.45) is 10.0. The van der Waals surface area contributed by atoms with Crippen molar-refractivity contribution in [1.82, 2.24) is 5.32 Å². The van der Waals surface area contributed by atoms with E-state index in [2.05, 4.69) is 26.1 Å². The van der Waals surface area contributed by atoms with E-state index in [0.29, 0.717) is 12.1 Å². The zero-order valence-corrected chi connectivity index (χ0v) is 13.2. The quantitative estimate of drug-likeness (QED) is 0.785. The molecule has 0 amide bonds. The summed E-state index contributed by atoms with van der Waals surface area (Å²) >= 11 is 0. The van der Waals surface area contributed by atoms with E-state index < -0.39 is 0 Å². The van der Waals surface area contributed by atoms with Crippen molar-refractivity contribution in [3.63, 3.8) is 0 Å². The van der Waals surface area contributed by atoms with Crippen molar-refractivity contribution >= 4 is 0 Å². The third kappa shape index (κ3) is 4.46. The molecule has 1 N–H and O–H groups in total. The van der Waals surface area contributed by atoms with Crippen LogP contribution in [-0.4, -0.2) is 25.3 Å². The fraction of sp³-hybridized carbons (Fsp3) is 1.00. The first-order valence-corrected chi connectivity index (χ1v) is 8.55. The van der Waals surface area contributed by atoms with Crippen LogP contribution in [0.2, 0.25) is 0 Å². The molecule has 2 aliphatic rings. The lowest BCUT2D eigenvalue weighted by Crippen LogP contribution is -2.46. The Morgan fingerprint density at radius 2 is 1.84 bits per heavy atom. The van der Waals surface area contributed by atoms with Gasteiger partial charge in [-0.25, -0.2) is 0 Å². The molecule has 0 bridgehead atoms. The molecule has 0 saturated heterocycles. The van der Waals surface area contributed by atoms with E-state index in [9.17, 15) is 0 Å². The van der Waals surface area contributed by atoms with Crippen LogP contribution in [0.3, 0.4) is 0 Å². The maximum atomic E-state index is 6.35. The summed E-state index contributed by atoms with van der Waals surface area (Å²) in [4.78, 5) is 0. The van der Waals surface area contributed by atoms with Gasteiger partial charge in [0.05, 0.1) is 6.10 Å². The van der Waals surface area contributed by atoms with E-state index in [-0.39, 0.29) is 0 Å². The number of ether oxygens (including phenoxy) is 1. The Hall–Kier alpha value is -0.0800. The predicted molar refractivity (Wildman–Crippen MR) is 81.3 cm³/mol. The van der Waals surface area contributed by atoms with Crippen LogP contribution in [0.25, 0.3) is 0 Å². The summed E-state index contributed by atoms with van der Waals surface area (Å²) in [6.45, 7) is 9.03. The van der Waals surface area contributed by atoms with Crippen LogP contribution in [0.1, 0.15) is 65.7 Å². The Balaban J connectivity index is 1.83. The third-order valence-corrected chi connectivity index (χ3v) is 5.26. The van der Waals surface area contributed by atoms with Crippen LogP contribution < -0.4 is 5.32 Å². The topological polar surface area (TPSA) is 21.3 Å². The zero-order chi connectivity index (χ0) is 13.7. The largest absolute Gasteiger partial charge is 0.376 e. The summed E-state index contributed by atoms with van der Waals surface area (Å²) in [6, 6.07) is 0.599. The van der Waals surface area contributed by atoms with E-state index in [1.54, 1.807) is 0 Å². The van der Waals surface area contributed by atoms with Crippen LogP contribution >= 0.6 is 0 Å². The van der Waals surface area contributed by atoms with Gasteiger partial charge >= 0.3 is 0 Å². The van der Waals surface area contributed by atoms with Gasteiger partial charge in [-0.15, -0.1) is 0 Å². The molecule has 0 aliphatic heterocycles. The normalized spacial score (nSPS) is 33.2. The van der Waals surface area contributed by atoms with Gasteiger partial charge in [0.15, 0.2) is 0 Å². The highest BCUT2D eigenvalue weighted by Crippen LogP contribution is 2.33. The first kappa shape index (κ1) is 15.3. The molecule has 0 aromatic heterocycles. The third-order valence-electron chi connectivity index (χ3n) is 5.26. The maximum Gasteiger partial charge on any atom is 0.0730 e. The van der Waals surface area contributed by atoms with Crippen molar-refractivity contribution < 1.29 is 4.74 Å². The Morgan fingerprint density at radius 3 is 2.47 bits per heavy atom. The van der Waals surface area contributed by atoms with E-state index in [4.69, 9.17) is 4.74 Å². The second kappa shape index (κ2) is 7.64. The highest BCUT2D eigenvalue weighted by Gasteiger charge is 2.32. The Kier molecular flexibility index (Phi) is 6.15. The van der Waals surface area contributed by atoms with Crippen molar-refractivity contribution in [1.29, 1.82) is 0 Å². The minimum absolute atomic E-state index is 0.460. The van der Waals surface area contributed by atoms with Crippen molar-refractivity contribution in [2.75, 3.05) is 13.2 Å². The second-order valence-corrected chi connectivity index (χ2v) is 7.00. The Bertz CT molecular complexity index is 248. The molecule has 2 aliphatic carbocycles. The average molecular weight is 267 g/mol. The van der Waals surface area contributed by atoms with E-state index in [0.717, 1.165) is 30.9 Å². The molecule has 19 heavy (non-hydrogen) atoms. The highest BCUT2D eigenvalue weighted by molar-refractivity contribution is 4.87. The lowest BCUT2D eigenvalue weighted by Gasteiger charge is -2.38. The molecule has 3 atom stereocenters. The minimum atomic E-state index is 0.460. The first-order chi connectivity index (χ1) is 9.20. The molecule has 0 spiro atoms. The molecule has 2 rings (SSSR count). The summed E-state index contributed by atoms with van der Waals surface area (Å²) in [7, 11) is 0. The van der Waals surface area contributed by atoms with Gasteiger partial charge in [0.25, 0.3) is 0 Å². The molecule has 3 unspecified atom stereocenters. The van der Waals surface area contributed by atoms with E-state index >= 15 is 0 Å². The number of hydrogen-bond acceptors (Lipinski definition) is 2. The van der Waals surface area contributed by atoms with E-state index in [1.165, 1.54) is 44.9 Å². The number of nitrogens with one attached hydrogen (secondary N) is 1.